The molecule has 0 saturated carbocycles. The van der Waals surface area contributed by atoms with Gasteiger partial charge in [0, 0.05) is 27.7 Å². The third-order valence-electron chi connectivity index (χ3n) is 12.7. The van der Waals surface area contributed by atoms with Crippen LogP contribution in [0.15, 0.2) is 224 Å². The summed E-state index contributed by atoms with van der Waals surface area (Å²) in [5, 5.41) is 4.94. The highest BCUT2D eigenvalue weighted by molar-refractivity contribution is 6.22. The van der Waals surface area contributed by atoms with Crippen molar-refractivity contribution in [1.82, 2.24) is 0 Å². The number of anilines is 3. The first-order valence-electron chi connectivity index (χ1n) is 20.9. The Morgan fingerprint density at radius 2 is 0.733 bits per heavy atom. The van der Waals surface area contributed by atoms with Gasteiger partial charge < -0.3 is 4.90 Å². The van der Waals surface area contributed by atoms with Crippen molar-refractivity contribution in [2.75, 3.05) is 4.90 Å². The molecule has 1 aliphatic carbocycles. The van der Waals surface area contributed by atoms with Gasteiger partial charge in [-0.1, -0.05) is 208 Å². The van der Waals surface area contributed by atoms with E-state index in [-0.39, 0.29) is 5.41 Å². The molecule has 0 N–H and O–H groups in total. The molecule has 10 aromatic carbocycles. The summed E-state index contributed by atoms with van der Waals surface area (Å²) in [4.78, 5) is 2.53. The maximum Gasteiger partial charge on any atom is 0.0624 e. The highest BCUT2D eigenvalue weighted by Gasteiger charge is 2.37. The second-order valence-electron chi connectivity index (χ2n) is 16.5. The van der Waals surface area contributed by atoms with Crippen molar-refractivity contribution in [1.29, 1.82) is 0 Å². The number of fused-ring (bicyclic) bond motifs is 6. The van der Waals surface area contributed by atoms with E-state index in [0.29, 0.717) is 0 Å². The lowest BCUT2D eigenvalue weighted by Gasteiger charge is -2.32. The summed E-state index contributed by atoms with van der Waals surface area (Å²) >= 11 is 0. The number of benzene rings is 10. The lowest BCUT2D eigenvalue weighted by Crippen LogP contribution is -2.17. The van der Waals surface area contributed by atoms with E-state index in [2.05, 4.69) is 243 Å². The summed E-state index contributed by atoms with van der Waals surface area (Å²) in [6, 6.07) is 82.4. The molecular formula is C59H43N. The minimum atomic E-state index is -0.212. The van der Waals surface area contributed by atoms with Crippen LogP contribution in [-0.4, -0.2) is 0 Å². The molecule has 1 aliphatic rings. The first-order valence-corrected chi connectivity index (χ1v) is 20.9. The van der Waals surface area contributed by atoms with Gasteiger partial charge in [-0.2, -0.15) is 0 Å². The van der Waals surface area contributed by atoms with Crippen LogP contribution < -0.4 is 4.90 Å². The van der Waals surface area contributed by atoms with Crippen LogP contribution in [0.25, 0.3) is 77.2 Å². The predicted octanol–water partition coefficient (Wildman–Crippen LogP) is 16.4. The van der Waals surface area contributed by atoms with Crippen LogP contribution in [0.1, 0.15) is 25.0 Å². The average Bonchev–Trinajstić information content (AvgIpc) is 3.54. The Hall–Kier alpha value is -7.48. The molecule has 0 atom stereocenters. The highest BCUT2D eigenvalue weighted by Crippen LogP contribution is 2.54. The van der Waals surface area contributed by atoms with Crippen molar-refractivity contribution < 1.29 is 0 Å². The van der Waals surface area contributed by atoms with E-state index in [0.717, 1.165) is 11.4 Å². The lowest BCUT2D eigenvalue weighted by atomic mass is 9.81. The van der Waals surface area contributed by atoms with E-state index in [1.54, 1.807) is 0 Å². The van der Waals surface area contributed by atoms with Gasteiger partial charge in [0.1, 0.15) is 0 Å². The topological polar surface area (TPSA) is 3.24 Å². The monoisotopic (exact) mass is 765 g/mol. The SMILES string of the molecule is CC1(C)c2cc(-c3ccccc3)ccc2-c2ccc(N(c3ccc(-c4ccccc4-c4ccccc4)cc3)c3c(-c4ccccc4)c4ccccc4c4ccccc34)cc21. The number of hydrogen-bond acceptors (Lipinski definition) is 1. The Balaban J connectivity index is 1.15. The van der Waals surface area contributed by atoms with Gasteiger partial charge >= 0.3 is 0 Å². The van der Waals surface area contributed by atoms with Gasteiger partial charge in [0.2, 0.25) is 0 Å². The second kappa shape index (κ2) is 14.4. The summed E-state index contributed by atoms with van der Waals surface area (Å²) < 4.78 is 0. The minimum absolute atomic E-state index is 0.212. The highest BCUT2D eigenvalue weighted by atomic mass is 15.1. The first kappa shape index (κ1) is 35.7. The van der Waals surface area contributed by atoms with Crippen molar-refractivity contribution in [3.8, 4) is 55.6 Å². The standard InChI is InChI=1S/C59H43N/c1-59(2)55-38-44(40-18-6-3-7-19-40)32-36-51(55)52-37-35-46(39-56(52)59)60(45-33-30-42(31-34-45)48-25-13-12-24-47(48)41-20-8-4-9-21-41)58-54-29-17-15-27-50(54)49-26-14-16-28-53(49)57(58)43-22-10-5-11-23-43/h3-39H,1-2H3. The molecule has 0 radical (unpaired) electrons. The number of hydrogen-bond donors (Lipinski definition) is 0. The van der Waals surface area contributed by atoms with E-state index in [1.807, 2.05) is 0 Å². The molecule has 0 fully saturated rings. The van der Waals surface area contributed by atoms with Crippen LogP contribution in [-0.2, 0) is 5.41 Å². The third kappa shape index (κ3) is 5.85. The Morgan fingerprint density at radius 1 is 0.300 bits per heavy atom. The normalized spacial score (nSPS) is 12.6. The Morgan fingerprint density at radius 3 is 1.37 bits per heavy atom. The Labute approximate surface area is 352 Å². The molecule has 10 aromatic rings. The zero-order chi connectivity index (χ0) is 40.2. The first-order chi connectivity index (χ1) is 29.5. The molecule has 0 heterocycles. The number of rotatable bonds is 7. The molecule has 1 heteroatoms. The maximum absolute atomic E-state index is 2.53. The van der Waals surface area contributed by atoms with Crippen molar-refractivity contribution in [2.24, 2.45) is 0 Å². The van der Waals surface area contributed by atoms with Crippen LogP contribution in [0.4, 0.5) is 17.1 Å². The van der Waals surface area contributed by atoms with Gasteiger partial charge in [-0.3, -0.25) is 0 Å². The zero-order valence-electron chi connectivity index (χ0n) is 33.8. The molecule has 1 nitrogen and oxygen atoms in total. The molecule has 0 unspecified atom stereocenters. The molecule has 11 rings (SSSR count). The van der Waals surface area contributed by atoms with Crippen LogP contribution in [0.5, 0.6) is 0 Å². The second-order valence-corrected chi connectivity index (χ2v) is 16.5. The van der Waals surface area contributed by atoms with Gasteiger partial charge in [0.25, 0.3) is 0 Å². The van der Waals surface area contributed by atoms with Gasteiger partial charge in [-0.25, -0.2) is 0 Å². The summed E-state index contributed by atoms with van der Waals surface area (Å²) in [5.74, 6) is 0. The van der Waals surface area contributed by atoms with Crippen LogP contribution in [0.2, 0.25) is 0 Å². The predicted molar refractivity (Wildman–Crippen MR) is 255 cm³/mol. The fourth-order valence-corrected chi connectivity index (χ4v) is 9.73. The molecular weight excluding hydrogens is 723 g/mol. The van der Waals surface area contributed by atoms with Crippen LogP contribution in [0, 0.1) is 0 Å². The van der Waals surface area contributed by atoms with Crippen LogP contribution in [0.3, 0.4) is 0 Å². The summed E-state index contributed by atoms with van der Waals surface area (Å²) in [7, 11) is 0. The molecule has 0 spiro atoms. The number of nitrogens with zero attached hydrogens (tertiary/aromatic N) is 1. The Bertz CT molecular complexity index is 3200. The molecule has 0 amide bonds. The fourth-order valence-electron chi connectivity index (χ4n) is 9.73. The van der Waals surface area contributed by atoms with Crippen molar-refractivity contribution in [2.45, 2.75) is 19.3 Å². The van der Waals surface area contributed by atoms with E-state index in [1.165, 1.54) is 94.0 Å². The van der Waals surface area contributed by atoms with Crippen molar-refractivity contribution in [3.63, 3.8) is 0 Å². The average molecular weight is 766 g/mol. The summed E-state index contributed by atoms with van der Waals surface area (Å²) in [5.41, 5.74) is 18.3. The van der Waals surface area contributed by atoms with E-state index in [9.17, 15) is 0 Å². The van der Waals surface area contributed by atoms with Gasteiger partial charge in [-0.15, -0.1) is 0 Å². The summed E-state index contributed by atoms with van der Waals surface area (Å²) in [6.45, 7) is 4.78. The van der Waals surface area contributed by atoms with Crippen molar-refractivity contribution in [3.05, 3.63) is 236 Å². The van der Waals surface area contributed by atoms with Crippen molar-refractivity contribution >= 4 is 38.6 Å². The molecule has 0 bridgehead atoms. The van der Waals surface area contributed by atoms with Crippen LogP contribution >= 0.6 is 0 Å². The van der Waals surface area contributed by atoms with E-state index < -0.39 is 0 Å². The molecule has 0 aliphatic heterocycles. The third-order valence-corrected chi connectivity index (χ3v) is 12.7. The fraction of sp³-hybridized carbons (Fsp3) is 0.0508. The van der Waals surface area contributed by atoms with Gasteiger partial charge in [-0.05, 0) is 108 Å². The zero-order valence-corrected chi connectivity index (χ0v) is 33.8. The molecule has 0 aromatic heterocycles. The largest absolute Gasteiger partial charge is 0.309 e. The molecule has 60 heavy (non-hydrogen) atoms. The smallest absolute Gasteiger partial charge is 0.0624 e. The summed E-state index contributed by atoms with van der Waals surface area (Å²) in [6.07, 6.45) is 0. The lowest BCUT2D eigenvalue weighted by molar-refractivity contribution is 0.660. The Kier molecular flexibility index (Phi) is 8.57. The molecule has 0 saturated heterocycles. The quantitative estimate of drug-likeness (QED) is 0.146. The molecule has 284 valence electrons. The van der Waals surface area contributed by atoms with E-state index >= 15 is 0 Å². The van der Waals surface area contributed by atoms with Gasteiger partial charge in [0.05, 0.1) is 5.69 Å². The van der Waals surface area contributed by atoms with Gasteiger partial charge in [0.15, 0.2) is 0 Å². The van der Waals surface area contributed by atoms with E-state index in [4.69, 9.17) is 0 Å². The maximum atomic E-state index is 2.53. The minimum Gasteiger partial charge on any atom is -0.309 e.